The molecule has 4 heteroatoms. The van der Waals surface area contributed by atoms with Crippen LogP contribution in [0.1, 0.15) is 30.1 Å². The monoisotopic (exact) mass is 237 g/mol. The van der Waals surface area contributed by atoms with Gasteiger partial charge in [0.1, 0.15) is 5.82 Å². The number of hydrogen-bond donors (Lipinski definition) is 1. The molecule has 0 heterocycles. The number of carbonyl (C=O) groups excluding carboxylic acids is 1. The van der Waals surface area contributed by atoms with E-state index in [-0.39, 0.29) is 12.4 Å². The van der Waals surface area contributed by atoms with Gasteiger partial charge in [-0.1, -0.05) is 0 Å². The standard InChI is InChI=1S/C13H16FNO2/c1-9(17)12-8-10(14)2-5-13(12)15(6-7-16)11-3-4-11/h2,5,8,11,16H,3-4,6-7H2,1H3. The van der Waals surface area contributed by atoms with Crippen molar-refractivity contribution in [1.82, 2.24) is 0 Å². The quantitative estimate of drug-likeness (QED) is 0.796. The molecule has 1 N–H and O–H groups in total. The molecule has 0 saturated heterocycles. The minimum Gasteiger partial charge on any atom is -0.395 e. The number of aliphatic hydroxyl groups is 1. The Hall–Kier alpha value is -1.42. The molecule has 0 aromatic heterocycles. The highest BCUT2D eigenvalue weighted by atomic mass is 19.1. The summed E-state index contributed by atoms with van der Waals surface area (Å²) in [5.41, 5.74) is 1.13. The van der Waals surface area contributed by atoms with Crippen LogP contribution in [-0.2, 0) is 0 Å². The van der Waals surface area contributed by atoms with Gasteiger partial charge >= 0.3 is 0 Å². The molecule has 3 nitrogen and oxygen atoms in total. The highest BCUT2D eigenvalue weighted by Gasteiger charge is 2.30. The average Bonchev–Trinajstić information content (AvgIpc) is 3.10. The second-order valence-corrected chi connectivity index (χ2v) is 4.37. The van der Waals surface area contributed by atoms with Crippen molar-refractivity contribution in [3.05, 3.63) is 29.6 Å². The number of anilines is 1. The third kappa shape index (κ3) is 2.64. The van der Waals surface area contributed by atoms with Crippen molar-refractivity contribution in [1.29, 1.82) is 0 Å². The van der Waals surface area contributed by atoms with Crippen molar-refractivity contribution in [3.63, 3.8) is 0 Å². The Morgan fingerprint density at radius 1 is 1.53 bits per heavy atom. The molecule has 1 aliphatic rings. The molecule has 2 rings (SSSR count). The van der Waals surface area contributed by atoms with Crippen LogP contribution in [0.4, 0.5) is 10.1 Å². The van der Waals surface area contributed by atoms with Gasteiger partial charge in [-0.25, -0.2) is 4.39 Å². The van der Waals surface area contributed by atoms with Crippen molar-refractivity contribution in [2.45, 2.75) is 25.8 Å². The van der Waals surface area contributed by atoms with Crippen LogP contribution < -0.4 is 4.90 Å². The number of halogens is 1. The number of nitrogens with zero attached hydrogens (tertiary/aromatic N) is 1. The number of rotatable bonds is 5. The second-order valence-electron chi connectivity index (χ2n) is 4.37. The van der Waals surface area contributed by atoms with E-state index in [0.717, 1.165) is 18.5 Å². The number of hydrogen-bond acceptors (Lipinski definition) is 3. The number of aliphatic hydroxyl groups excluding tert-OH is 1. The Labute approximate surface area is 99.9 Å². The maximum absolute atomic E-state index is 13.2. The van der Waals surface area contributed by atoms with Crippen molar-refractivity contribution in [2.75, 3.05) is 18.1 Å². The van der Waals surface area contributed by atoms with Gasteiger partial charge in [0.2, 0.25) is 0 Å². The average molecular weight is 237 g/mol. The van der Waals surface area contributed by atoms with Crippen molar-refractivity contribution in [3.8, 4) is 0 Å². The Morgan fingerprint density at radius 3 is 2.76 bits per heavy atom. The van der Waals surface area contributed by atoms with Gasteiger partial charge in [0, 0.05) is 23.8 Å². The normalized spacial score (nSPS) is 14.8. The molecular formula is C13H16FNO2. The predicted octanol–water partition coefficient (Wildman–Crippen LogP) is 1.99. The minimum atomic E-state index is -0.404. The molecule has 1 aliphatic carbocycles. The smallest absolute Gasteiger partial charge is 0.161 e. The number of carbonyl (C=O) groups is 1. The van der Waals surface area contributed by atoms with Crippen LogP contribution in [0.5, 0.6) is 0 Å². The molecule has 0 atom stereocenters. The highest BCUT2D eigenvalue weighted by molar-refractivity contribution is 5.99. The SMILES string of the molecule is CC(=O)c1cc(F)ccc1N(CCO)C1CC1. The maximum atomic E-state index is 13.2. The summed E-state index contributed by atoms with van der Waals surface area (Å²) >= 11 is 0. The third-order valence-electron chi connectivity index (χ3n) is 2.98. The first kappa shape index (κ1) is 12.0. The van der Waals surface area contributed by atoms with Crippen LogP contribution in [0.2, 0.25) is 0 Å². The molecule has 17 heavy (non-hydrogen) atoms. The lowest BCUT2D eigenvalue weighted by Crippen LogP contribution is -2.30. The molecule has 0 bridgehead atoms. The first-order valence-electron chi connectivity index (χ1n) is 5.81. The zero-order valence-electron chi connectivity index (χ0n) is 9.82. The molecule has 0 radical (unpaired) electrons. The van der Waals surface area contributed by atoms with E-state index >= 15 is 0 Å². The second kappa shape index (κ2) is 4.84. The fourth-order valence-electron chi connectivity index (χ4n) is 2.03. The summed E-state index contributed by atoms with van der Waals surface area (Å²) in [6.45, 7) is 1.95. The maximum Gasteiger partial charge on any atom is 0.161 e. The first-order valence-corrected chi connectivity index (χ1v) is 5.81. The summed E-state index contributed by atoms with van der Waals surface area (Å²) in [6.07, 6.45) is 2.13. The number of Topliss-reactive ketones (excluding diaryl/α,β-unsaturated/α-hetero) is 1. The van der Waals surface area contributed by atoms with Gasteiger partial charge in [0.25, 0.3) is 0 Å². The van der Waals surface area contributed by atoms with E-state index in [1.807, 2.05) is 4.90 Å². The first-order chi connectivity index (χ1) is 8.13. The van der Waals surface area contributed by atoms with Gasteiger partial charge in [0.15, 0.2) is 5.78 Å². The van der Waals surface area contributed by atoms with E-state index < -0.39 is 5.82 Å². The zero-order valence-corrected chi connectivity index (χ0v) is 9.82. The molecule has 1 saturated carbocycles. The van der Waals surface area contributed by atoms with E-state index in [4.69, 9.17) is 5.11 Å². The van der Waals surface area contributed by atoms with Crippen LogP contribution in [0.25, 0.3) is 0 Å². The Balaban J connectivity index is 2.37. The van der Waals surface area contributed by atoms with Crippen LogP contribution in [0.3, 0.4) is 0 Å². The summed E-state index contributed by atoms with van der Waals surface area (Å²) in [4.78, 5) is 13.5. The van der Waals surface area contributed by atoms with Crippen molar-refractivity contribution >= 4 is 11.5 Å². The number of benzene rings is 1. The Morgan fingerprint density at radius 2 is 2.24 bits per heavy atom. The summed E-state index contributed by atoms with van der Waals surface area (Å²) in [6, 6.07) is 4.63. The van der Waals surface area contributed by atoms with Crippen LogP contribution >= 0.6 is 0 Å². The van der Waals surface area contributed by atoms with Gasteiger partial charge in [-0.15, -0.1) is 0 Å². The van der Waals surface area contributed by atoms with Gasteiger partial charge in [-0.05, 0) is 38.0 Å². The summed E-state index contributed by atoms with van der Waals surface area (Å²) in [5, 5.41) is 9.06. The topological polar surface area (TPSA) is 40.5 Å². The molecule has 0 amide bonds. The van der Waals surface area contributed by atoms with Crippen LogP contribution in [-0.4, -0.2) is 30.1 Å². The number of ketones is 1. The van der Waals surface area contributed by atoms with Gasteiger partial charge in [-0.3, -0.25) is 4.79 Å². The van der Waals surface area contributed by atoms with Gasteiger partial charge in [0.05, 0.1) is 6.61 Å². The lowest BCUT2D eigenvalue weighted by atomic mass is 10.1. The van der Waals surface area contributed by atoms with Crippen LogP contribution in [0.15, 0.2) is 18.2 Å². The van der Waals surface area contributed by atoms with Crippen molar-refractivity contribution in [2.24, 2.45) is 0 Å². The van der Waals surface area contributed by atoms with E-state index in [1.54, 1.807) is 6.07 Å². The Bertz CT molecular complexity index is 429. The van der Waals surface area contributed by atoms with Gasteiger partial charge < -0.3 is 10.0 Å². The molecule has 0 unspecified atom stereocenters. The zero-order chi connectivity index (χ0) is 12.4. The lowest BCUT2D eigenvalue weighted by molar-refractivity contribution is 0.101. The van der Waals surface area contributed by atoms with E-state index in [1.165, 1.54) is 19.1 Å². The highest BCUT2D eigenvalue weighted by Crippen LogP contribution is 2.33. The molecule has 0 spiro atoms. The molecule has 0 aliphatic heterocycles. The summed E-state index contributed by atoms with van der Waals surface area (Å²) < 4.78 is 13.2. The fraction of sp³-hybridized carbons (Fsp3) is 0.462. The fourth-order valence-corrected chi connectivity index (χ4v) is 2.03. The van der Waals surface area contributed by atoms with E-state index in [9.17, 15) is 9.18 Å². The molecular weight excluding hydrogens is 221 g/mol. The van der Waals surface area contributed by atoms with Gasteiger partial charge in [-0.2, -0.15) is 0 Å². The molecule has 1 fully saturated rings. The lowest BCUT2D eigenvalue weighted by Gasteiger charge is -2.25. The summed E-state index contributed by atoms with van der Waals surface area (Å²) in [5.74, 6) is -0.554. The molecule has 1 aromatic carbocycles. The van der Waals surface area contributed by atoms with E-state index in [2.05, 4.69) is 0 Å². The third-order valence-corrected chi connectivity index (χ3v) is 2.98. The minimum absolute atomic E-state index is 0.0330. The Kier molecular flexibility index (Phi) is 3.43. The molecule has 92 valence electrons. The predicted molar refractivity (Wildman–Crippen MR) is 63.9 cm³/mol. The van der Waals surface area contributed by atoms with Crippen molar-refractivity contribution < 1.29 is 14.3 Å². The largest absolute Gasteiger partial charge is 0.395 e. The van der Waals surface area contributed by atoms with E-state index in [0.29, 0.717) is 18.2 Å². The van der Waals surface area contributed by atoms with Crippen LogP contribution in [0, 0.1) is 5.82 Å². The summed E-state index contributed by atoms with van der Waals surface area (Å²) in [7, 11) is 0. The molecule has 1 aromatic rings.